The van der Waals surface area contributed by atoms with Gasteiger partial charge in [-0.2, -0.15) is 5.10 Å². The number of carbonyl (C=O) groups is 1. The van der Waals surface area contributed by atoms with Crippen LogP contribution in [0.15, 0.2) is 35.8 Å². The van der Waals surface area contributed by atoms with E-state index in [1.165, 1.54) is 11.3 Å². The van der Waals surface area contributed by atoms with Crippen LogP contribution in [0.2, 0.25) is 0 Å². The van der Waals surface area contributed by atoms with Gasteiger partial charge in [-0.25, -0.2) is 4.98 Å². The molecule has 124 valence electrons. The van der Waals surface area contributed by atoms with Crippen molar-refractivity contribution in [1.29, 1.82) is 0 Å². The highest BCUT2D eigenvalue weighted by Gasteiger charge is 2.14. The summed E-state index contributed by atoms with van der Waals surface area (Å²) < 4.78 is 12.2. The fourth-order valence-corrected chi connectivity index (χ4v) is 2.87. The zero-order chi connectivity index (χ0) is 17.1. The minimum atomic E-state index is -0.297. The lowest BCUT2D eigenvalue weighted by atomic mass is 10.1. The lowest BCUT2D eigenvalue weighted by Crippen LogP contribution is -2.12. The van der Waals surface area contributed by atoms with Crippen molar-refractivity contribution >= 4 is 22.4 Å². The molecule has 1 amide bonds. The summed E-state index contributed by atoms with van der Waals surface area (Å²) in [6, 6.07) is 7.13. The molecule has 0 saturated carbocycles. The van der Waals surface area contributed by atoms with Crippen molar-refractivity contribution in [3.05, 3.63) is 41.5 Å². The van der Waals surface area contributed by atoms with Crippen LogP contribution in [-0.2, 0) is 7.05 Å². The van der Waals surface area contributed by atoms with Crippen LogP contribution in [0, 0.1) is 0 Å². The van der Waals surface area contributed by atoms with Crippen LogP contribution >= 0.6 is 11.3 Å². The van der Waals surface area contributed by atoms with Crippen LogP contribution in [-0.4, -0.2) is 34.9 Å². The number of aryl methyl sites for hydroxylation is 1. The van der Waals surface area contributed by atoms with E-state index < -0.39 is 0 Å². The number of nitrogens with one attached hydrogen (secondary N) is 1. The number of aromatic nitrogens is 3. The minimum absolute atomic E-state index is 0.297. The molecule has 0 unspecified atom stereocenters. The van der Waals surface area contributed by atoms with E-state index in [-0.39, 0.29) is 5.91 Å². The van der Waals surface area contributed by atoms with Gasteiger partial charge in [-0.3, -0.25) is 14.8 Å². The van der Waals surface area contributed by atoms with Gasteiger partial charge in [-0.05, 0) is 24.3 Å². The second-order valence-electron chi connectivity index (χ2n) is 4.93. The Bertz CT molecular complexity index is 872. The second kappa shape index (κ2) is 6.71. The molecule has 0 spiro atoms. The Labute approximate surface area is 142 Å². The number of carbonyl (C=O) groups excluding carboxylic acids is 1. The van der Waals surface area contributed by atoms with Crippen LogP contribution in [0.4, 0.5) is 5.13 Å². The first-order chi connectivity index (χ1) is 11.6. The molecule has 1 aromatic carbocycles. The first kappa shape index (κ1) is 16.0. The lowest BCUT2D eigenvalue weighted by Gasteiger charge is -2.08. The Kier molecular flexibility index (Phi) is 4.48. The van der Waals surface area contributed by atoms with E-state index in [2.05, 4.69) is 15.4 Å². The maximum Gasteiger partial charge on any atom is 0.277 e. The molecule has 0 aliphatic carbocycles. The number of thiazole rings is 1. The van der Waals surface area contributed by atoms with Gasteiger partial charge in [-0.15, -0.1) is 11.3 Å². The number of amides is 1. The number of ether oxygens (including phenoxy) is 2. The number of rotatable bonds is 5. The second-order valence-corrected chi connectivity index (χ2v) is 5.79. The third-order valence-electron chi connectivity index (χ3n) is 3.35. The standard InChI is InChI=1S/C16H16N4O3S/c1-20-7-6-12(19-20)15(21)18-16-17-13(9-24-16)11-8-10(22-2)4-5-14(11)23-3/h4-9H,1-3H3,(H,17,18,21). The summed E-state index contributed by atoms with van der Waals surface area (Å²) in [7, 11) is 4.96. The summed E-state index contributed by atoms with van der Waals surface area (Å²) in [4.78, 5) is 16.6. The van der Waals surface area contributed by atoms with Gasteiger partial charge >= 0.3 is 0 Å². The molecular weight excluding hydrogens is 328 g/mol. The highest BCUT2D eigenvalue weighted by Crippen LogP contribution is 2.35. The van der Waals surface area contributed by atoms with Crippen molar-refractivity contribution in [2.45, 2.75) is 0 Å². The van der Waals surface area contributed by atoms with E-state index in [9.17, 15) is 4.79 Å². The summed E-state index contributed by atoms with van der Waals surface area (Å²) in [6.07, 6.45) is 1.71. The summed E-state index contributed by atoms with van der Waals surface area (Å²) in [6.45, 7) is 0. The fourth-order valence-electron chi connectivity index (χ4n) is 2.17. The number of hydrogen-bond acceptors (Lipinski definition) is 6. The highest BCUT2D eigenvalue weighted by atomic mass is 32.1. The average Bonchev–Trinajstić information content (AvgIpc) is 3.23. The van der Waals surface area contributed by atoms with Gasteiger partial charge in [0.25, 0.3) is 5.91 Å². The first-order valence-electron chi connectivity index (χ1n) is 7.09. The molecule has 0 radical (unpaired) electrons. The number of methoxy groups -OCH3 is 2. The Morgan fingerprint density at radius 3 is 2.75 bits per heavy atom. The van der Waals surface area contributed by atoms with Gasteiger partial charge in [0.1, 0.15) is 11.5 Å². The molecule has 7 nitrogen and oxygen atoms in total. The van der Waals surface area contributed by atoms with Gasteiger partial charge < -0.3 is 9.47 Å². The van der Waals surface area contributed by atoms with Gasteiger partial charge in [0.15, 0.2) is 10.8 Å². The van der Waals surface area contributed by atoms with E-state index in [0.29, 0.717) is 28.0 Å². The molecule has 24 heavy (non-hydrogen) atoms. The van der Waals surface area contributed by atoms with Crippen molar-refractivity contribution in [3.8, 4) is 22.8 Å². The van der Waals surface area contributed by atoms with Gasteiger partial charge in [-0.1, -0.05) is 0 Å². The van der Waals surface area contributed by atoms with E-state index >= 15 is 0 Å². The van der Waals surface area contributed by atoms with Crippen LogP contribution in [0.5, 0.6) is 11.5 Å². The summed E-state index contributed by atoms with van der Waals surface area (Å²) in [5.74, 6) is 1.09. The van der Waals surface area contributed by atoms with Crippen LogP contribution < -0.4 is 14.8 Å². The van der Waals surface area contributed by atoms with Crippen molar-refractivity contribution in [1.82, 2.24) is 14.8 Å². The average molecular weight is 344 g/mol. The predicted octanol–water partition coefficient (Wildman–Crippen LogP) is 2.81. The van der Waals surface area contributed by atoms with E-state index in [4.69, 9.17) is 9.47 Å². The Balaban J connectivity index is 1.84. The monoisotopic (exact) mass is 344 g/mol. The van der Waals surface area contributed by atoms with Crippen molar-refractivity contribution < 1.29 is 14.3 Å². The van der Waals surface area contributed by atoms with Gasteiger partial charge in [0.05, 0.1) is 19.9 Å². The zero-order valence-electron chi connectivity index (χ0n) is 13.4. The van der Waals surface area contributed by atoms with E-state index in [1.807, 2.05) is 23.6 Å². The largest absolute Gasteiger partial charge is 0.497 e. The molecule has 0 bridgehead atoms. The molecule has 2 heterocycles. The normalized spacial score (nSPS) is 10.5. The summed E-state index contributed by atoms with van der Waals surface area (Å²) in [5, 5.41) is 9.16. The molecule has 0 aliphatic heterocycles. The molecule has 3 rings (SSSR count). The Hall–Kier alpha value is -2.87. The van der Waals surface area contributed by atoms with E-state index in [0.717, 1.165) is 5.56 Å². The Morgan fingerprint density at radius 2 is 2.08 bits per heavy atom. The maximum absolute atomic E-state index is 12.1. The lowest BCUT2D eigenvalue weighted by molar-refractivity contribution is 0.102. The smallest absolute Gasteiger partial charge is 0.277 e. The van der Waals surface area contributed by atoms with E-state index in [1.54, 1.807) is 38.2 Å². The van der Waals surface area contributed by atoms with Crippen molar-refractivity contribution in [3.63, 3.8) is 0 Å². The Morgan fingerprint density at radius 1 is 1.25 bits per heavy atom. The number of benzene rings is 1. The molecule has 0 saturated heterocycles. The molecule has 0 atom stereocenters. The number of hydrogen-bond donors (Lipinski definition) is 1. The van der Waals surface area contributed by atoms with Crippen LogP contribution in [0.1, 0.15) is 10.5 Å². The quantitative estimate of drug-likeness (QED) is 0.770. The topological polar surface area (TPSA) is 78.3 Å². The molecule has 0 aliphatic rings. The molecule has 3 aromatic rings. The first-order valence-corrected chi connectivity index (χ1v) is 7.97. The number of anilines is 1. The molecule has 0 fully saturated rings. The molecule has 1 N–H and O–H groups in total. The molecular formula is C16H16N4O3S. The van der Waals surface area contributed by atoms with Crippen molar-refractivity contribution in [2.24, 2.45) is 7.05 Å². The molecule has 8 heteroatoms. The third kappa shape index (κ3) is 3.23. The minimum Gasteiger partial charge on any atom is -0.497 e. The fraction of sp³-hybridized carbons (Fsp3) is 0.188. The highest BCUT2D eigenvalue weighted by molar-refractivity contribution is 7.14. The third-order valence-corrected chi connectivity index (χ3v) is 4.11. The van der Waals surface area contributed by atoms with Crippen LogP contribution in [0.3, 0.4) is 0 Å². The summed E-state index contributed by atoms with van der Waals surface area (Å²) in [5.41, 5.74) is 1.84. The van der Waals surface area contributed by atoms with Crippen LogP contribution in [0.25, 0.3) is 11.3 Å². The zero-order valence-corrected chi connectivity index (χ0v) is 14.3. The summed E-state index contributed by atoms with van der Waals surface area (Å²) >= 11 is 1.33. The van der Waals surface area contributed by atoms with Crippen molar-refractivity contribution in [2.75, 3.05) is 19.5 Å². The van der Waals surface area contributed by atoms with Gasteiger partial charge in [0.2, 0.25) is 0 Å². The predicted molar refractivity (Wildman–Crippen MR) is 91.8 cm³/mol. The maximum atomic E-state index is 12.1. The molecule has 2 aromatic heterocycles. The SMILES string of the molecule is COc1ccc(OC)c(-c2csc(NC(=O)c3ccn(C)n3)n2)c1. The van der Waals surface area contributed by atoms with Gasteiger partial charge in [0, 0.05) is 24.2 Å². The number of nitrogens with zero attached hydrogens (tertiary/aromatic N) is 3.